The number of amides is 1. The molecule has 0 fully saturated rings. The van der Waals surface area contributed by atoms with Crippen LogP contribution >= 0.6 is 22.9 Å². The van der Waals surface area contributed by atoms with Gasteiger partial charge in [-0.2, -0.15) is 4.99 Å². The number of hydrogen-bond acceptors (Lipinski definition) is 3. The van der Waals surface area contributed by atoms with E-state index in [0.29, 0.717) is 23.0 Å². The van der Waals surface area contributed by atoms with Crippen molar-refractivity contribution in [3.63, 3.8) is 0 Å². The highest BCUT2D eigenvalue weighted by molar-refractivity contribution is 7.16. The number of hydrogen-bond donors (Lipinski definition) is 0. The third kappa shape index (κ3) is 4.48. The quantitative estimate of drug-likeness (QED) is 0.469. The average molecular weight is 397 g/mol. The van der Waals surface area contributed by atoms with Crippen LogP contribution in [0.15, 0.2) is 53.5 Å². The normalized spacial score (nSPS) is 11.8. The number of carbonyl (C=O) groups excluding carboxylic acids is 1. The Bertz CT molecular complexity index is 1120. The first-order chi connectivity index (χ1) is 13.1. The molecule has 0 radical (unpaired) electrons. The molecule has 0 N–H and O–H groups in total. The maximum Gasteiger partial charge on any atom is 0.272 e. The largest absolute Gasteiger partial charge is 0.494 e. The third-order valence-electron chi connectivity index (χ3n) is 3.73. The second-order valence-corrected chi connectivity index (χ2v) is 6.96. The maximum atomic E-state index is 12.3. The number of rotatable bonds is 5. The van der Waals surface area contributed by atoms with E-state index < -0.39 is 0 Å². The fourth-order valence-electron chi connectivity index (χ4n) is 2.54. The van der Waals surface area contributed by atoms with E-state index in [1.54, 1.807) is 12.1 Å². The van der Waals surface area contributed by atoms with Gasteiger partial charge < -0.3 is 9.30 Å². The Morgan fingerprint density at radius 3 is 2.93 bits per heavy atom. The SMILES string of the molecule is C#CCn1c(=NC(=O)C=Cc2ccccc2Cl)sc2cc(OCC)ccc21. The van der Waals surface area contributed by atoms with Gasteiger partial charge >= 0.3 is 0 Å². The molecule has 0 bridgehead atoms. The zero-order valence-corrected chi connectivity index (χ0v) is 16.3. The Morgan fingerprint density at radius 1 is 1.37 bits per heavy atom. The molecule has 0 saturated carbocycles. The van der Waals surface area contributed by atoms with E-state index in [1.165, 1.54) is 17.4 Å². The van der Waals surface area contributed by atoms with Crippen LogP contribution in [0.1, 0.15) is 12.5 Å². The number of thiazole rings is 1. The van der Waals surface area contributed by atoms with Crippen molar-refractivity contribution < 1.29 is 9.53 Å². The first kappa shape index (κ1) is 19.0. The smallest absolute Gasteiger partial charge is 0.272 e. The van der Waals surface area contributed by atoms with Gasteiger partial charge in [0, 0.05) is 11.1 Å². The minimum atomic E-state index is -0.378. The molecule has 0 aliphatic carbocycles. The molecule has 0 atom stereocenters. The van der Waals surface area contributed by atoms with Gasteiger partial charge in [-0.1, -0.05) is 47.1 Å². The van der Waals surface area contributed by atoms with Gasteiger partial charge in [0.05, 0.1) is 23.4 Å². The summed E-state index contributed by atoms with van der Waals surface area (Å²) in [6.07, 6.45) is 8.55. The Kier molecular flexibility index (Phi) is 6.12. The van der Waals surface area contributed by atoms with Crippen molar-refractivity contribution in [2.24, 2.45) is 4.99 Å². The number of ether oxygens (including phenoxy) is 1. The lowest BCUT2D eigenvalue weighted by molar-refractivity contribution is -0.113. The fraction of sp³-hybridized carbons (Fsp3) is 0.143. The number of terminal acetylenes is 1. The standard InChI is InChI=1S/C21H17ClN2O2S/c1-3-13-24-18-11-10-16(26-4-2)14-19(18)27-21(24)23-20(25)12-9-15-7-5-6-8-17(15)22/h1,5-12,14H,4,13H2,2H3. The number of aromatic nitrogens is 1. The van der Waals surface area contributed by atoms with E-state index in [2.05, 4.69) is 10.9 Å². The van der Waals surface area contributed by atoms with E-state index in [9.17, 15) is 4.79 Å². The van der Waals surface area contributed by atoms with Gasteiger partial charge in [-0.15, -0.1) is 6.42 Å². The fourth-order valence-corrected chi connectivity index (χ4v) is 3.80. The number of carbonyl (C=O) groups is 1. The second kappa shape index (κ2) is 8.72. The molecule has 3 rings (SSSR count). The van der Waals surface area contributed by atoms with E-state index in [4.69, 9.17) is 22.8 Å². The summed E-state index contributed by atoms with van der Waals surface area (Å²) in [5, 5.41) is 0.578. The molecular formula is C21H17ClN2O2S. The number of benzene rings is 2. The van der Waals surface area contributed by atoms with Gasteiger partial charge in [0.15, 0.2) is 4.80 Å². The first-order valence-electron chi connectivity index (χ1n) is 8.33. The first-order valence-corrected chi connectivity index (χ1v) is 9.52. The molecule has 1 aromatic heterocycles. The van der Waals surface area contributed by atoms with Crippen molar-refractivity contribution in [3.8, 4) is 18.1 Å². The predicted octanol–water partition coefficient (Wildman–Crippen LogP) is 4.53. The molecule has 0 saturated heterocycles. The van der Waals surface area contributed by atoms with Gasteiger partial charge in [0.1, 0.15) is 5.75 Å². The summed E-state index contributed by atoms with van der Waals surface area (Å²) < 4.78 is 8.34. The minimum absolute atomic E-state index is 0.328. The topological polar surface area (TPSA) is 43.6 Å². The summed E-state index contributed by atoms with van der Waals surface area (Å²) in [6, 6.07) is 13.0. The molecule has 0 spiro atoms. The highest BCUT2D eigenvalue weighted by atomic mass is 35.5. The van der Waals surface area contributed by atoms with Crippen molar-refractivity contribution in [3.05, 3.63) is 63.9 Å². The summed E-state index contributed by atoms with van der Waals surface area (Å²) in [6.45, 7) is 2.85. The molecule has 2 aromatic carbocycles. The molecule has 0 unspecified atom stereocenters. The summed E-state index contributed by atoms with van der Waals surface area (Å²) in [7, 11) is 0. The molecule has 1 heterocycles. The van der Waals surface area contributed by atoms with Crippen molar-refractivity contribution >= 4 is 45.1 Å². The van der Waals surface area contributed by atoms with E-state index in [-0.39, 0.29) is 5.91 Å². The lowest BCUT2D eigenvalue weighted by atomic mass is 10.2. The minimum Gasteiger partial charge on any atom is -0.494 e. The lowest BCUT2D eigenvalue weighted by Crippen LogP contribution is -2.15. The number of fused-ring (bicyclic) bond motifs is 1. The van der Waals surface area contributed by atoms with Crippen LogP contribution in [0.3, 0.4) is 0 Å². The van der Waals surface area contributed by atoms with Gasteiger partial charge in [-0.3, -0.25) is 4.79 Å². The second-order valence-electron chi connectivity index (χ2n) is 5.54. The molecule has 0 aliphatic rings. The molecule has 136 valence electrons. The van der Waals surface area contributed by atoms with Crippen LogP contribution in [0.5, 0.6) is 5.75 Å². The average Bonchev–Trinajstić information content (AvgIpc) is 2.98. The molecule has 1 amide bonds. The van der Waals surface area contributed by atoms with Crippen LogP contribution in [-0.2, 0) is 11.3 Å². The third-order valence-corrected chi connectivity index (χ3v) is 5.12. The highest BCUT2D eigenvalue weighted by Crippen LogP contribution is 2.23. The Morgan fingerprint density at radius 2 is 2.19 bits per heavy atom. The van der Waals surface area contributed by atoms with Gasteiger partial charge in [0.2, 0.25) is 0 Å². The number of halogens is 1. The van der Waals surface area contributed by atoms with Crippen molar-refractivity contribution in [2.75, 3.05) is 6.61 Å². The highest BCUT2D eigenvalue weighted by Gasteiger charge is 2.08. The van der Waals surface area contributed by atoms with E-state index >= 15 is 0 Å². The zero-order valence-electron chi connectivity index (χ0n) is 14.7. The van der Waals surface area contributed by atoms with Gasteiger partial charge in [-0.25, -0.2) is 0 Å². The Balaban J connectivity index is 1.98. The molecule has 3 aromatic rings. The van der Waals surface area contributed by atoms with E-state index in [0.717, 1.165) is 21.5 Å². The molecule has 0 aliphatic heterocycles. The van der Waals surface area contributed by atoms with Crippen LogP contribution in [0.4, 0.5) is 0 Å². The van der Waals surface area contributed by atoms with Crippen LogP contribution in [0, 0.1) is 12.3 Å². The van der Waals surface area contributed by atoms with Crippen LogP contribution in [0.25, 0.3) is 16.3 Å². The molecular weight excluding hydrogens is 380 g/mol. The summed E-state index contributed by atoms with van der Waals surface area (Å²) >= 11 is 7.50. The Hall–Kier alpha value is -2.81. The van der Waals surface area contributed by atoms with E-state index in [1.807, 2.05) is 47.9 Å². The predicted molar refractivity (Wildman–Crippen MR) is 111 cm³/mol. The van der Waals surface area contributed by atoms with Crippen LogP contribution in [0.2, 0.25) is 5.02 Å². The number of nitrogens with zero attached hydrogens (tertiary/aromatic N) is 2. The molecule has 6 heteroatoms. The monoisotopic (exact) mass is 396 g/mol. The van der Waals surface area contributed by atoms with Crippen molar-refractivity contribution in [1.29, 1.82) is 0 Å². The van der Waals surface area contributed by atoms with Crippen molar-refractivity contribution in [1.82, 2.24) is 4.57 Å². The summed E-state index contributed by atoms with van der Waals surface area (Å²) in [5.74, 6) is 3.01. The lowest BCUT2D eigenvalue weighted by Gasteiger charge is -2.03. The maximum absolute atomic E-state index is 12.3. The Labute approximate surface area is 166 Å². The molecule has 4 nitrogen and oxygen atoms in total. The summed E-state index contributed by atoms with van der Waals surface area (Å²) in [4.78, 5) is 17.1. The van der Waals surface area contributed by atoms with Gasteiger partial charge in [0.25, 0.3) is 5.91 Å². The zero-order chi connectivity index (χ0) is 19.2. The summed E-state index contributed by atoms with van der Waals surface area (Å²) in [5.41, 5.74) is 1.68. The van der Waals surface area contributed by atoms with Crippen LogP contribution < -0.4 is 9.54 Å². The van der Waals surface area contributed by atoms with Gasteiger partial charge in [-0.05, 0) is 42.8 Å². The van der Waals surface area contributed by atoms with Crippen molar-refractivity contribution in [2.45, 2.75) is 13.5 Å². The molecule has 27 heavy (non-hydrogen) atoms. The van der Waals surface area contributed by atoms with Crippen LogP contribution in [-0.4, -0.2) is 17.1 Å².